The summed E-state index contributed by atoms with van der Waals surface area (Å²) < 4.78 is 0. The van der Waals surface area contributed by atoms with Crippen molar-refractivity contribution in [1.29, 1.82) is 0 Å². The number of likely N-dealkylation sites (N-methyl/N-ethyl adjacent to an activating group) is 1. The third kappa shape index (κ3) is 2.67. The highest BCUT2D eigenvalue weighted by Crippen LogP contribution is 2.37. The van der Waals surface area contributed by atoms with Gasteiger partial charge in [-0.2, -0.15) is 0 Å². The SMILES string of the molecule is CN(CC(=O)O)C(=O)[C@H]1SCCc2ccccc21. The van der Waals surface area contributed by atoms with Crippen molar-refractivity contribution in [3.05, 3.63) is 35.4 Å². The second kappa shape index (κ2) is 5.44. The van der Waals surface area contributed by atoms with Crippen molar-refractivity contribution >= 4 is 23.6 Å². The molecule has 96 valence electrons. The van der Waals surface area contributed by atoms with E-state index in [1.54, 1.807) is 11.8 Å². The lowest BCUT2D eigenvalue weighted by Crippen LogP contribution is -2.35. The predicted molar refractivity (Wildman–Crippen MR) is 70.6 cm³/mol. The number of nitrogens with zero attached hydrogens (tertiary/aromatic N) is 1. The summed E-state index contributed by atoms with van der Waals surface area (Å²) in [5.41, 5.74) is 2.22. The molecule has 1 heterocycles. The monoisotopic (exact) mass is 265 g/mol. The van der Waals surface area contributed by atoms with Gasteiger partial charge in [-0.05, 0) is 23.3 Å². The molecule has 1 aromatic rings. The molecule has 0 aromatic heterocycles. The Labute approximate surface area is 110 Å². The van der Waals surface area contributed by atoms with E-state index < -0.39 is 5.97 Å². The smallest absolute Gasteiger partial charge is 0.323 e. The zero-order valence-electron chi connectivity index (χ0n) is 10.1. The molecule has 18 heavy (non-hydrogen) atoms. The Morgan fingerprint density at radius 2 is 2.17 bits per heavy atom. The van der Waals surface area contributed by atoms with Crippen molar-refractivity contribution in [1.82, 2.24) is 4.90 Å². The molecule has 1 aromatic carbocycles. The van der Waals surface area contributed by atoms with Crippen molar-refractivity contribution in [2.75, 3.05) is 19.3 Å². The molecule has 0 fully saturated rings. The third-order valence-electron chi connectivity index (χ3n) is 2.97. The number of carbonyl (C=O) groups is 2. The van der Waals surface area contributed by atoms with Crippen LogP contribution in [0.5, 0.6) is 0 Å². The number of aryl methyl sites for hydroxylation is 1. The fourth-order valence-corrected chi connectivity index (χ4v) is 3.38. The highest BCUT2D eigenvalue weighted by atomic mass is 32.2. The number of aliphatic carboxylic acids is 1. The van der Waals surface area contributed by atoms with E-state index in [1.165, 1.54) is 17.5 Å². The fraction of sp³-hybridized carbons (Fsp3) is 0.385. The van der Waals surface area contributed by atoms with Crippen LogP contribution in [0.15, 0.2) is 24.3 Å². The minimum Gasteiger partial charge on any atom is -0.480 e. The highest BCUT2D eigenvalue weighted by Gasteiger charge is 2.29. The number of carboxylic acids is 1. The molecule has 4 nitrogen and oxygen atoms in total. The zero-order chi connectivity index (χ0) is 13.1. The van der Waals surface area contributed by atoms with Crippen LogP contribution in [-0.2, 0) is 16.0 Å². The molecular weight excluding hydrogens is 250 g/mol. The Morgan fingerprint density at radius 3 is 2.89 bits per heavy atom. The van der Waals surface area contributed by atoms with Crippen LogP contribution in [0.25, 0.3) is 0 Å². The molecule has 1 N–H and O–H groups in total. The van der Waals surface area contributed by atoms with E-state index in [2.05, 4.69) is 0 Å². The molecule has 2 rings (SSSR count). The van der Waals surface area contributed by atoms with E-state index in [1.807, 2.05) is 24.3 Å². The zero-order valence-corrected chi connectivity index (χ0v) is 10.9. The molecule has 0 radical (unpaired) electrons. The number of carbonyl (C=O) groups excluding carboxylic acids is 1. The van der Waals surface area contributed by atoms with Crippen LogP contribution in [0.3, 0.4) is 0 Å². The maximum Gasteiger partial charge on any atom is 0.323 e. The van der Waals surface area contributed by atoms with Gasteiger partial charge in [0.15, 0.2) is 0 Å². The summed E-state index contributed by atoms with van der Waals surface area (Å²) in [6.45, 7) is -0.252. The molecule has 0 bridgehead atoms. The van der Waals surface area contributed by atoms with Crippen LogP contribution < -0.4 is 0 Å². The van der Waals surface area contributed by atoms with Crippen LogP contribution >= 0.6 is 11.8 Å². The van der Waals surface area contributed by atoms with Gasteiger partial charge in [0.1, 0.15) is 11.8 Å². The van der Waals surface area contributed by atoms with Gasteiger partial charge in [-0.1, -0.05) is 24.3 Å². The van der Waals surface area contributed by atoms with Gasteiger partial charge < -0.3 is 10.0 Å². The van der Waals surface area contributed by atoms with E-state index in [0.29, 0.717) is 0 Å². The molecule has 1 atom stereocenters. The van der Waals surface area contributed by atoms with Crippen molar-refractivity contribution in [2.24, 2.45) is 0 Å². The Kier molecular flexibility index (Phi) is 3.91. The van der Waals surface area contributed by atoms with Gasteiger partial charge in [0.2, 0.25) is 5.91 Å². The second-order valence-electron chi connectivity index (χ2n) is 4.29. The first-order valence-electron chi connectivity index (χ1n) is 5.76. The van der Waals surface area contributed by atoms with Crippen LogP contribution in [0, 0.1) is 0 Å². The summed E-state index contributed by atoms with van der Waals surface area (Å²) in [5.74, 6) is -0.219. The molecule has 1 aliphatic rings. The van der Waals surface area contributed by atoms with E-state index in [0.717, 1.165) is 17.7 Å². The molecule has 1 amide bonds. The second-order valence-corrected chi connectivity index (χ2v) is 5.50. The molecular formula is C13H15NO3S. The van der Waals surface area contributed by atoms with Gasteiger partial charge in [-0.3, -0.25) is 9.59 Å². The number of thioether (sulfide) groups is 1. The number of hydrogen-bond donors (Lipinski definition) is 1. The van der Waals surface area contributed by atoms with Crippen molar-refractivity contribution in [3.8, 4) is 0 Å². The third-order valence-corrected chi connectivity index (χ3v) is 4.20. The van der Waals surface area contributed by atoms with Crippen molar-refractivity contribution in [3.63, 3.8) is 0 Å². The number of carboxylic acid groups (broad SMARTS) is 1. The van der Waals surface area contributed by atoms with Crippen LogP contribution in [0.1, 0.15) is 16.4 Å². The van der Waals surface area contributed by atoms with E-state index in [-0.39, 0.29) is 17.7 Å². The van der Waals surface area contributed by atoms with Crippen LogP contribution in [-0.4, -0.2) is 41.2 Å². The summed E-state index contributed by atoms with van der Waals surface area (Å²) in [4.78, 5) is 24.2. The van der Waals surface area contributed by atoms with Gasteiger partial charge in [0, 0.05) is 7.05 Å². The number of fused-ring (bicyclic) bond motifs is 1. The summed E-state index contributed by atoms with van der Waals surface area (Å²) in [6, 6.07) is 7.88. The molecule has 1 aliphatic heterocycles. The van der Waals surface area contributed by atoms with Crippen LogP contribution in [0.2, 0.25) is 0 Å². The Balaban J connectivity index is 2.20. The van der Waals surface area contributed by atoms with Gasteiger partial charge in [-0.25, -0.2) is 0 Å². The average Bonchev–Trinajstić information content (AvgIpc) is 2.36. The number of hydrogen-bond acceptors (Lipinski definition) is 3. The van der Waals surface area contributed by atoms with Gasteiger partial charge in [0.25, 0.3) is 0 Å². The Hall–Kier alpha value is -1.49. The topological polar surface area (TPSA) is 57.6 Å². The summed E-state index contributed by atoms with van der Waals surface area (Å²) in [7, 11) is 1.54. The Morgan fingerprint density at radius 1 is 1.44 bits per heavy atom. The lowest BCUT2D eigenvalue weighted by molar-refractivity contribution is -0.143. The quantitative estimate of drug-likeness (QED) is 0.901. The van der Waals surface area contributed by atoms with Crippen molar-refractivity contribution < 1.29 is 14.7 Å². The van der Waals surface area contributed by atoms with E-state index >= 15 is 0 Å². The predicted octanol–water partition coefficient (Wildman–Crippen LogP) is 1.56. The molecule has 0 saturated heterocycles. The molecule has 0 aliphatic carbocycles. The molecule has 0 unspecified atom stereocenters. The van der Waals surface area contributed by atoms with E-state index in [9.17, 15) is 9.59 Å². The average molecular weight is 265 g/mol. The summed E-state index contributed by atoms with van der Waals surface area (Å²) in [5, 5.41) is 8.46. The fourth-order valence-electron chi connectivity index (χ4n) is 2.08. The first-order chi connectivity index (χ1) is 8.59. The lowest BCUT2D eigenvalue weighted by atomic mass is 10.0. The standard InChI is InChI=1S/C13H15NO3S/c1-14(8-11(15)16)13(17)12-10-5-3-2-4-9(10)6-7-18-12/h2-5,12H,6-8H2,1H3,(H,15,16)/t12-/m0/s1. The number of rotatable bonds is 3. The summed E-state index contributed by atoms with van der Waals surface area (Å²) in [6.07, 6.45) is 0.966. The lowest BCUT2D eigenvalue weighted by Gasteiger charge is -2.27. The Bertz CT molecular complexity index is 475. The largest absolute Gasteiger partial charge is 0.480 e. The van der Waals surface area contributed by atoms with Crippen molar-refractivity contribution in [2.45, 2.75) is 11.7 Å². The first kappa shape index (κ1) is 13.0. The maximum absolute atomic E-state index is 12.2. The van der Waals surface area contributed by atoms with Gasteiger partial charge in [0.05, 0.1) is 0 Å². The number of benzene rings is 1. The minimum absolute atomic E-state index is 0.130. The van der Waals surface area contributed by atoms with E-state index in [4.69, 9.17) is 5.11 Å². The molecule has 5 heteroatoms. The minimum atomic E-state index is -0.986. The van der Waals surface area contributed by atoms with Gasteiger partial charge in [-0.15, -0.1) is 11.8 Å². The highest BCUT2D eigenvalue weighted by molar-refractivity contribution is 8.00. The van der Waals surface area contributed by atoms with Crippen LogP contribution in [0.4, 0.5) is 0 Å². The number of amides is 1. The molecule has 0 saturated carbocycles. The maximum atomic E-state index is 12.2. The molecule has 0 spiro atoms. The van der Waals surface area contributed by atoms with Gasteiger partial charge >= 0.3 is 5.97 Å². The first-order valence-corrected chi connectivity index (χ1v) is 6.80. The summed E-state index contributed by atoms with van der Waals surface area (Å²) >= 11 is 1.59. The normalized spacial score (nSPS) is 17.9.